The van der Waals surface area contributed by atoms with Crippen molar-refractivity contribution in [1.29, 1.82) is 0 Å². The van der Waals surface area contributed by atoms with E-state index in [9.17, 15) is 0 Å². The van der Waals surface area contributed by atoms with Gasteiger partial charge in [-0.05, 0) is 39.9 Å². The van der Waals surface area contributed by atoms with Gasteiger partial charge in [-0.1, -0.05) is 6.92 Å². The van der Waals surface area contributed by atoms with Crippen molar-refractivity contribution in [2.75, 3.05) is 23.0 Å². The number of thioether (sulfide) groups is 4. The molecule has 0 saturated carbocycles. The summed E-state index contributed by atoms with van der Waals surface area (Å²) in [7, 11) is 0. The first-order chi connectivity index (χ1) is 6.31. The Bertz CT molecular complexity index is 164. The predicted molar refractivity (Wildman–Crippen MR) is 70.7 cm³/mol. The molecule has 2 fully saturated rings. The normalized spacial score (nSPS) is 28.1. The van der Waals surface area contributed by atoms with E-state index in [-0.39, 0.29) is 18.9 Å². The van der Waals surface area contributed by atoms with Crippen LogP contribution in [-0.4, -0.2) is 27.1 Å². The first-order valence-electron chi connectivity index (χ1n) is 4.72. The molecule has 0 bridgehead atoms. The van der Waals surface area contributed by atoms with Crippen molar-refractivity contribution < 1.29 is 18.9 Å². The standard InChI is InChI=1S/C9H15S4.Li/c1-9(12-6-3-7-13-9)8-10-4-2-5-11-8;/h2-7H2,1H3;/q-1;+1. The largest absolute Gasteiger partial charge is 1.00 e. The van der Waals surface area contributed by atoms with Gasteiger partial charge in [0.05, 0.1) is 0 Å². The third-order valence-electron chi connectivity index (χ3n) is 2.17. The molecular weight excluding hydrogens is 243 g/mol. The molecule has 0 aromatic heterocycles. The molecule has 76 valence electrons. The molecule has 0 spiro atoms. The Labute approximate surface area is 116 Å². The topological polar surface area (TPSA) is 0 Å². The Morgan fingerprint density at radius 1 is 0.929 bits per heavy atom. The first-order valence-corrected chi connectivity index (χ1v) is 8.66. The average molecular weight is 258 g/mol. The van der Waals surface area contributed by atoms with E-state index in [2.05, 4.69) is 54.0 Å². The summed E-state index contributed by atoms with van der Waals surface area (Å²) in [5.41, 5.74) is 0. The van der Waals surface area contributed by atoms with Crippen LogP contribution in [0.25, 0.3) is 0 Å². The van der Waals surface area contributed by atoms with Crippen LogP contribution in [0.5, 0.6) is 0 Å². The van der Waals surface area contributed by atoms with E-state index < -0.39 is 0 Å². The van der Waals surface area contributed by atoms with E-state index >= 15 is 0 Å². The van der Waals surface area contributed by atoms with Gasteiger partial charge in [0, 0.05) is 0 Å². The number of hydrogen-bond acceptors (Lipinski definition) is 4. The summed E-state index contributed by atoms with van der Waals surface area (Å²) in [5, 5.41) is 0. The van der Waals surface area contributed by atoms with Gasteiger partial charge in [0.1, 0.15) is 0 Å². The zero-order chi connectivity index (χ0) is 9.15. The maximum Gasteiger partial charge on any atom is 1.00 e. The second-order valence-corrected chi connectivity index (χ2v) is 9.09. The Balaban J connectivity index is 0.000000980. The molecule has 0 aliphatic carbocycles. The summed E-state index contributed by atoms with van der Waals surface area (Å²) in [4.78, 5) is 0. The molecule has 2 heterocycles. The minimum atomic E-state index is 0. The van der Waals surface area contributed by atoms with Gasteiger partial charge in [0.2, 0.25) is 0 Å². The van der Waals surface area contributed by atoms with Crippen molar-refractivity contribution >= 4 is 47.0 Å². The van der Waals surface area contributed by atoms with E-state index in [1.54, 1.807) is 4.58 Å². The van der Waals surface area contributed by atoms with E-state index in [0.29, 0.717) is 4.08 Å². The van der Waals surface area contributed by atoms with Crippen molar-refractivity contribution in [1.82, 2.24) is 0 Å². The fourth-order valence-electron chi connectivity index (χ4n) is 1.44. The van der Waals surface area contributed by atoms with Gasteiger partial charge in [0.25, 0.3) is 0 Å². The number of rotatable bonds is 1. The van der Waals surface area contributed by atoms with Crippen LogP contribution in [0.4, 0.5) is 0 Å². The zero-order valence-corrected chi connectivity index (χ0v) is 12.1. The first kappa shape index (κ1) is 14.1. The molecule has 5 heteroatoms. The van der Waals surface area contributed by atoms with Crippen LogP contribution >= 0.6 is 47.0 Å². The summed E-state index contributed by atoms with van der Waals surface area (Å²) in [5.74, 6) is 5.40. The van der Waals surface area contributed by atoms with Crippen molar-refractivity contribution in [2.45, 2.75) is 23.8 Å². The number of hydrogen-bond donors (Lipinski definition) is 0. The third kappa shape index (κ3) is 3.50. The molecule has 0 nitrogen and oxygen atoms in total. The molecule has 0 radical (unpaired) electrons. The van der Waals surface area contributed by atoms with Crippen LogP contribution in [0.1, 0.15) is 19.8 Å². The van der Waals surface area contributed by atoms with Crippen LogP contribution in [0.15, 0.2) is 0 Å². The summed E-state index contributed by atoms with van der Waals surface area (Å²) in [6.45, 7) is 2.42. The molecule has 14 heavy (non-hydrogen) atoms. The van der Waals surface area contributed by atoms with Gasteiger partial charge < -0.3 is 23.5 Å². The van der Waals surface area contributed by atoms with E-state index in [4.69, 9.17) is 0 Å². The summed E-state index contributed by atoms with van der Waals surface area (Å²) < 4.78 is 2.11. The maximum atomic E-state index is 2.42. The summed E-state index contributed by atoms with van der Waals surface area (Å²) in [6.07, 6.45) is 2.79. The molecule has 0 aromatic rings. The maximum absolute atomic E-state index is 2.42. The fourth-order valence-corrected chi connectivity index (χ4v) is 7.96. The van der Waals surface area contributed by atoms with Gasteiger partial charge in [0.15, 0.2) is 0 Å². The molecule has 0 aromatic carbocycles. The van der Waals surface area contributed by atoms with Crippen molar-refractivity contribution in [3.8, 4) is 0 Å². The van der Waals surface area contributed by atoms with Crippen LogP contribution in [0, 0.1) is 4.58 Å². The van der Waals surface area contributed by atoms with Crippen LogP contribution in [0.3, 0.4) is 0 Å². The van der Waals surface area contributed by atoms with Crippen molar-refractivity contribution in [3.05, 3.63) is 4.58 Å². The summed E-state index contributed by atoms with van der Waals surface area (Å²) in [6, 6.07) is 0. The van der Waals surface area contributed by atoms with E-state index in [1.165, 1.54) is 35.9 Å². The van der Waals surface area contributed by atoms with Crippen molar-refractivity contribution in [2.24, 2.45) is 0 Å². The SMILES string of the molecule is CC1([C-]2SCCCS2)SCCCS1.[Li+]. The molecule has 0 unspecified atom stereocenters. The molecule has 2 rings (SSSR count). The Hall–Kier alpha value is 2.00. The Kier molecular flexibility index (Phi) is 6.69. The Morgan fingerprint density at radius 3 is 2.00 bits per heavy atom. The van der Waals surface area contributed by atoms with Gasteiger partial charge in [-0.2, -0.15) is 28.1 Å². The van der Waals surface area contributed by atoms with Crippen LogP contribution < -0.4 is 18.9 Å². The molecule has 0 atom stereocenters. The van der Waals surface area contributed by atoms with Gasteiger partial charge in [-0.25, -0.2) is 0 Å². The zero-order valence-electron chi connectivity index (χ0n) is 8.88. The minimum absolute atomic E-state index is 0. The van der Waals surface area contributed by atoms with Crippen molar-refractivity contribution in [3.63, 3.8) is 0 Å². The second-order valence-electron chi connectivity index (χ2n) is 3.33. The predicted octanol–water partition coefficient (Wildman–Crippen LogP) is 0.936. The molecular formula is C9H15LiS4. The summed E-state index contributed by atoms with van der Waals surface area (Å²) >= 11 is 8.53. The molecule has 0 N–H and O–H groups in total. The molecule has 2 aliphatic rings. The minimum Gasteiger partial charge on any atom is -0.335 e. The Morgan fingerprint density at radius 2 is 1.43 bits per heavy atom. The fraction of sp³-hybridized carbons (Fsp3) is 0.889. The van der Waals surface area contributed by atoms with Gasteiger partial charge in [-0.3, -0.25) is 0 Å². The second kappa shape index (κ2) is 6.66. The third-order valence-corrected chi connectivity index (χ3v) is 8.92. The van der Waals surface area contributed by atoms with Crippen LogP contribution in [-0.2, 0) is 0 Å². The van der Waals surface area contributed by atoms with E-state index in [0.717, 1.165) is 0 Å². The van der Waals surface area contributed by atoms with E-state index in [1.807, 2.05) is 0 Å². The molecule has 0 amide bonds. The molecule has 2 aliphatic heterocycles. The molecule has 2 saturated heterocycles. The quantitative estimate of drug-likeness (QED) is 0.507. The van der Waals surface area contributed by atoms with Gasteiger partial charge >= 0.3 is 18.9 Å². The average Bonchev–Trinajstić information content (AvgIpc) is 2.20. The monoisotopic (exact) mass is 258 g/mol. The van der Waals surface area contributed by atoms with Gasteiger partial charge in [-0.15, -0.1) is 0 Å². The smallest absolute Gasteiger partial charge is 0.335 e. The van der Waals surface area contributed by atoms with Crippen LogP contribution in [0.2, 0.25) is 0 Å².